The molecule has 0 amide bonds. The average Bonchev–Trinajstić information content (AvgIpc) is 3.16. The first-order chi connectivity index (χ1) is 24.1. The van der Waals surface area contributed by atoms with Gasteiger partial charge in [0.1, 0.15) is 0 Å². The van der Waals surface area contributed by atoms with Crippen LogP contribution in [0.3, 0.4) is 0 Å². The van der Waals surface area contributed by atoms with Crippen LogP contribution >= 0.6 is 12.6 Å². The number of aliphatic imine (C=N–C) groups is 1. The van der Waals surface area contributed by atoms with Crippen molar-refractivity contribution in [2.75, 3.05) is 4.90 Å². The zero-order valence-electron chi connectivity index (χ0n) is 27.6. The van der Waals surface area contributed by atoms with Gasteiger partial charge in [0, 0.05) is 33.9 Å². The van der Waals surface area contributed by atoms with Crippen molar-refractivity contribution in [3.63, 3.8) is 0 Å². The summed E-state index contributed by atoms with van der Waals surface area (Å²) in [5.41, 5.74) is 9.60. The van der Waals surface area contributed by atoms with Gasteiger partial charge in [-0.05, 0) is 93.1 Å². The molecule has 7 aromatic rings. The van der Waals surface area contributed by atoms with E-state index in [-0.39, 0.29) is 0 Å². The van der Waals surface area contributed by atoms with Crippen molar-refractivity contribution in [2.24, 2.45) is 10.9 Å². The molecule has 3 heteroatoms. The standard InChI is InChI=1S/C46H38N2S/c1-32-29-38(35-15-9-4-10-16-35)21-27-43(32)48(40-23-19-36(20-24-40)34-13-7-3-8-14-34)41-25-26-42-39(30-41)18-17-37-22-28-44(49)46(45(37)42)47-31-33-11-5-2-6-12-33/h2-26,28,30-32,43,49H,27,29H2,1H3. The minimum Gasteiger partial charge on any atom is -0.338 e. The van der Waals surface area contributed by atoms with Gasteiger partial charge in [0.15, 0.2) is 0 Å². The van der Waals surface area contributed by atoms with Crippen molar-refractivity contribution in [3.05, 3.63) is 175 Å². The SMILES string of the molecule is CC1CC(c2ccccc2)=CCC1N(c1ccc(-c2ccccc2)cc1)c1ccc2c(ccc3ccc(S)c(N=Cc4ccccc4)c32)c1. The lowest BCUT2D eigenvalue weighted by atomic mass is 9.82. The Kier molecular flexibility index (Phi) is 8.60. The van der Waals surface area contributed by atoms with E-state index in [1.54, 1.807) is 0 Å². The molecule has 0 bridgehead atoms. The van der Waals surface area contributed by atoms with Crippen LogP contribution in [0.4, 0.5) is 17.1 Å². The van der Waals surface area contributed by atoms with Gasteiger partial charge >= 0.3 is 0 Å². The summed E-state index contributed by atoms with van der Waals surface area (Å²) in [6, 6.07) is 56.7. The lowest BCUT2D eigenvalue weighted by Gasteiger charge is -2.40. The molecule has 7 aromatic carbocycles. The van der Waals surface area contributed by atoms with Crippen molar-refractivity contribution in [2.45, 2.75) is 30.7 Å². The number of rotatable bonds is 7. The van der Waals surface area contributed by atoms with E-state index in [0.717, 1.165) is 39.8 Å². The van der Waals surface area contributed by atoms with Gasteiger partial charge in [0.05, 0.1) is 5.69 Å². The monoisotopic (exact) mass is 650 g/mol. The molecule has 1 aliphatic carbocycles. The Morgan fingerprint density at radius 1 is 0.633 bits per heavy atom. The van der Waals surface area contributed by atoms with E-state index in [1.807, 2.05) is 30.5 Å². The molecule has 0 saturated carbocycles. The fourth-order valence-corrected chi connectivity index (χ4v) is 7.60. The summed E-state index contributed by atoms with van der Waals surface area (Å²) in [7, 11) is 0. The second-order valence-electron chi connectivity index (χ2n) is 13.0. The molecule has 2 nitrogen and oxygen atoms in total. The number of nitrogens with zero attached hydrogens (tertiary/aromatic N) is 2. The van der Waals surface area contributed by atoms with Crippen LogP contribution in [-0.4, -0.2) is 12.3 Å². The molecule has 238 valence electrons. The molecule has 0 spiro atoms. The molecular weight excluding hydrogens is 613 g/mol. The normalized spacial score (nSPS) is 16.2. The summed E-state index contributed by atoms with van der Waals surface area (Å²) in [6.07, 6.45) is 6.41. The first-order valence-corrected chi connectivity index (χ1v) is 17.5. The van der Waals surface area contributed by atoms with Crippen molar-refractivity contribution >= 4 is 63.0 Å². The highest BCUT2D eigenvalue weighted by molar-refractivity contribution is 7.80. The zero-order valence-corrected chi connectivity index (χ0v) is 28.5. The van der Waals surface area contributed by atoms with Crippen LogP contribution in [0.5, 0.6) is 0 Å². The van der Waals surface area contributed by atoms with Crippen LogP contribution in [0.25, 0.3) is 38.2 Å². The molecule has 0 N–H and O–H groups in total. The van der Waals surface area contributed by atoms with Gasteiger partial charge in [0.2, 0.25) is 0 Å². The Labute approximate surface area is 294 Å². The summed E-state index contributed by atoms with van der Waals surface area (Å²) in [5, 5.41) is 4.66. The van der Waals surface area contributed by atoms with Gasteiger partial charge in [-0.2, -0.15) is 0 Å². The topological polar surface area (TPSA) is 15.6 Å². The first-order valence-electron chi connectivity index (χ1n) is 17.1. The quantitative estimate of drug-likeness (QED) is 0.103. The number of benzene rings is 7. The van der Waals surface area contributed by atoms with Crippen molar-refractivity contribution < 1.29 is 0 Å². The summed E-state index contributed by atoms with van der Waals surface area (Å²) in [5.74, 6) is 0.451. The Morgan fingerprint density at radius 2 is 1.24 bits per heavy atom. The van der Waals surface area contributed by atoms with Crippen molar-refractivity contribution in [1.29, 1.82) is 0 Å². The van der Waals surface area contributed by atoms with Crippen LogP contribution in [0, 0.1) is 5.92 Å². The second-order valence-corrected chi connectivity index (χ2v) is 13.5. The van der Waals surface area contributed by atoms with Crippen molar-refractivity contribution in [1.82, 2.24) is 0 Å². The van der Waals surface area contributed by atoms with Gasteiger partial charge in [-0.3, -0.25) is 4.99 Å². The van der Waals surface area contributed by atoms with E-state index in [0.29, 0.717) is 12.0 Å². The largest absolute Gasteiger partial charge is 0.338 e. The molecule has 0 aromatic heterocycles. The third kappa shape index (κ3) is 6.30. The highest BCUT2D eigenvalue weighted by atomic mass is 32.1. The molecule has 0 aliphatic heterocycles. The number of thiol groups is 1. The predicted molar refractivity (Wildman–Crippen MR) is 213 cm³/mol. The summed E-state index contributed by atoms with van der Waals surface area (Å²) in [4.78, 5) is 8.43. The van der Waals surface area contributed by atoms with Crippen LogP contribution in [0.1, 0.15) is 30.9 Å². The molecule has 0 fully saturated rings. The predicted octanol–water partition coefficient (Wildman–Crippen LogP) is 12.7. The van der Waals surface area contributed by atoms with Crippen LogP contribution in [-0.2, 0) is 0 Å². The number of hydrogen-bond acceptors (Lipinski definition) is 3. The Balaban J connectivity index is 1.23. The summed E-state index contributed by atoms with van der Waals surface area (Å²) in [6.45, 7) is 2.41. The maximum absolute atomic E-state index is 4.99. The number of allylic oxidation sites excluding steroid dienone is 1. The molecule has 1 aliphatic rings. The molecule has 8 rings (SSSR count). The lowest BCUT2D eigenvalue weighted by molar-refractivity contribution is 0.447. The zero-order chi connectivity index (χ0) is 33.2. The van der Waals surface area contributed by atoms with Crippen LogP contribution in [0.15, 0.2) is 174 Å². The highest BCUT2D eigenvalue weighted by Gasteiger charge is 2.30. The van der Waals surface area contributed by atoms with E-state index < -0.39 is 0 Å². The minimum atomic E-state index is 0.308. The smallest absolute Gasteiger partial charge is 0.0847 e. The van der Waals surface area contributed by atoms with Crippen LogP contribution in [0.2, 0.25) is 0 Å². The first kappa shape index (κ1) is 30.9. The molecule has 0 saturated heterocycles. The lowest BCUT2D eigenvalue weighted by Crippen LogP contribution is -2.38. The van der Waals surface area contributed by atoms with Gasteiger partial charge in [-0.25, -0.2) is 0 Å². The van der Waals surface area contributed by atoms with E-state index in [2.05, 4.69) is 151 Å². The number of anilines is 2. The average molecular weight is 651 g/mol. The summed E-state index contributed by atoms with van der Waals surface area (Å²) >= 11 is 4.87. The third-order valence-electron chi connectivity index (χ3n) is 9.89. The molecule has 0 radical (unpaired) electrons. The van der Waals surface area contributed by atoms with Crippen LogP contribution < -0.4 is 4.90 Å². The van der Waals surface area contributed by atoms with Crippen molar-refractivity contribution in [3.8, 4) is 11.1 Å². The minimum absolute atomic E-state index is 0.308. The third-order valence-corrected chi connectivity index (χ3v) is 10.3. The number of fused-ring (bicyclic) bond motifs is 3. The van der Waals surface area contributed by atoms with Gasteiger partial charge < -0.3 is 4.90 Å². The summed E-state index contributed by atoms with van der Waals surface area (Å²) < 4.78 is 0. The fourth-order valence-electron chi connectivity index (χ4n) is 7.36. The van der Waals surface area contributed by atoms with E-state index >= 15 is 0 Å². The maximum atomic E-state index is 4.99. The molecule has 2 unspecified atom stereocenters. The molecule has 0 heterocycles. The van der Waals surface area contributed by atoms with E-state index in [9.17, 15) is 0 Å². The van der Waals surface area contributed by atoms with Gasteiger partial charge in [-0.15, -0.1) is 12.6 Å². The Morgan fingerprint density at radius 3 is 1.96 bits per heavy atom. The van der Waals surface area contributed by atoms with Gasteiger partial charge in [0.25, 0.3) is 0 Å². The van der Waals surface area contributed by atoms with Gasteiger partial charge in [-0.1, -0.05) is 140 Å². The Hall–Kier alpha value is -5.38. The number of hydrogen-bond donors (Lipinski definition) is 1. The highest BCUT2D eigenvalue weighted by Crippen LogP contribution is 2.43. The molecule has 49 heavy (non-hydrogen) atoms. The second kappa shape index (κ2) is 13.6. The van der Waals surface area contributed by atoms with E-state index in [4.69, 9.17) is 17.6 Å². The Bertz CT molecular complexity index is 2290. The molecule has 2 atom stereocenters. The molecular formula is C46H38N2S. The fraction of sp³-hybridized carbons (Fsp3) is 0.109. The van der Waals surface area contributed by atoms with E-state index in [1.165, 1.54) is 44.4 Å². The maximum Gasteiger partial charge on any atom is 0.0847 e.